The number of fused-ring (bicyclic) bond motifs is 1. The lowest BCUT2D eigenvalue weighted by Gasteiger charge is -2.02. The second-order valence-corrected chi connectivity index (χ2v) is 4.03. The summed E-state index contributed by atoms with van der Waals surface area (Å²) in [7, 11) is 0. The van der Waals surface area contributed by atoms with Crippen LogP contribution in [0.4, 0.5) is 0 Å². The van der Waals surface area contributed by atoms with Crippen LogP contribution in [0.3, 0.4) is 0 Å². The summed E-state index contributed by atoms with van der Waals surface area (Å²) in [5, 5.41) is 8.69. The van der Waals surface area contributed by atoms with Crippen molar-refractivity contribution in [1.29, 1.82) is 0 Å². The van der Waals surface area contributed by atoms with Gasteiger partial charge in [0.15, 0.2) is 0 Å². The highest BCUT2D eigenvalue weighted by atomic mass is 15.3. The predicted octanol–water partition coefficient (Wildman–Crippen LogP) is 1.58. The zero-order chi connectivity index (χ0) is 13.1. The number of guanidine groups is 1. The van der Waals surface area contributed by atoms with E-state index in [9.17, 15) is 0 Å². The number of nitrogens with two attached hydrogens (primary N) is 2. The van der Waals surface area contributed by atoms with Crippen molar-refractivity contribution in [3.63, 3.8) is 0 Å². The Hall–Kier alpha value is -2.30. The first-order valence-electron chi connectivity index (χ1n) is 5.85. The maximum absolute atomic E-state index is 5.25. The highest BCUT2D eigenvalue weighted by Gasteiger charge is 2.10. The van der Waals surface area contributed by atoms with E-state index in [1.54, 1.807) is 6.21 Å². The third-order valence-electron chi connectivity index (χ3n) is 2.96. The first-order valence-corrected chi connectivity index (χ1v) is 5.85. The van der Waals surface area contributed by atoms with Crippen molar-refractivity contribution in [2.24, 2.45) is 21.7 Å². The fourth-order valence-electron chi connectivity index (χ4n) is 2.18. The summed E-state index contributed by atoms with van der Waals surface area (Å²) in [6, 6.07) is 8.22. The Morgan fingerprint density at radius 2 is 2.06 bits per heavy atom. The minimum atomic E-state index is -0.0388. The Labute approximate surface area is 106 Å². The topological polar surface area (TPSA) is 81.7 Å². The molecule has 0 atom stereocenters. The van der Waals surface area contributed by atoms with Gasteiger partial charge in [-0.1, -0.05) is 18.2 Å². The first-order chi connectivity index (χ1) is 8.65. The fourth-order valence-corrected chi connectivity index (χ4v) is 2.18. The molecule has 18 heavy (non-hydrogen) atoms. The molecule has 0 saturated carbocycles. The summed E-state index contributed by atoms with van der Waals surface area (Å²) < 4.78 is 2.24. The van der Waals surface area contributed by atoms with Gasteiger partial charge in [-0.2, -0.15) is 5.10 Å². The van der Waals surface area contributed by atoms with E-state index in [2.05, 4.69) is 40.8 Å². The van der Waals surface area contributed by atoms with Crippen LogP contribution in [0.15, 0.2) is 34.5 Å². The number of aromatic nitrogens is 1. The van der Waals surface area contributed by atoms with Crippen LogP contribution in [-0.4, -0.2) is 16.7 Å². The van der Waals surface area contributed by atoms with Gasteiger partial charge in [0.1, 0.15) is 0 Å². The van der Waals surface area contributed by atoms with Crippen molar-refractivity contribution >= 4 is 23.1 Å². The molecule has 0 radical (unpaired) electrons. The van der Waals surface area contributed by atoms with E-state index in [-0.39, 0.29) is 5.96 Å². The summed E-state index contributed by atoms with van der Waals surface area (Å²) >= 11 is 0. The SMILES string of the molecule is CCn1c(C)c(/C=N\N=C(N)N)c2ccccc21. The quantitative estimate of drug-likeness (QED) is 0.487. The summed E-state index contributed by atoms with van der Waals surface area (Å²) in [6.07, 6.45) is 1.70. The number of hydrogen-bond acceptors (Lipinski definition) is 2. The number of para-hydroxylation sites is 1. The molecule has 0 amide bonds. The summed E-state index contributed by atoms with van der Waals surface area (Å²) in [5.41, 5.74) is 13.9. The van der Waals surface area contributed by atoms with Gasteiger partial charge >= 0.3 is 0 Å². The number of benzene rings is 1. The smallest absolute Gasteiger partial charge is 0.211 e. The van der Waals surface area contributed by atoms with Gasteiger partial charge in [0, 0.05) is 28.7 Å². The molecule has 2 rings (SSSR count). The number of hydrogen-bond donors (Lipinski definition) is 2. The fraction of sp³-hybridized carbons (Fsp3) is 0.231. The summed E-state index contributed by atoms with van der Waals surface area (Å²) in [5.74, 6) is -0.0388. The molecule has 5 nitrogen and oxygen atoms in total. The van der Waals surface area contributed by atoms with Gasteiger partial charge in [0.25, 0.3) is 0 Å². The number of rotatable bonds is 3. The lowest BCUT2D eigenvalue weighted by molar-refractivity contribution is 0.769. The van der Waals surface area contributed by atoms with Crippen molar-refractivity contribution in [2.45, 2.75) is 20.4 Å². The highest BCUT2D eigenvalue weighted by molar-refractivity contribution is 6.01. The molecule has 0 saturated heterocycles. The van der Waals surface area contributed by atoms with Crippen molar-refractivity contribution in [3.05, 3.63) is 35.5 Å². The molecule has 1 heterocycles. The van der Waals surface area contributed by atoms with Gasteiger partial charge in [0.05, 0.1) is 6.21 Å². The average Bonchev–Trinajstić information content (AvgIpc) is 2.62. The van der Waals surface area contributed by atoms with Gasteiger partial charge in [-0.05, 0) is 19.9 Å². The van der Waals surface area contributed by atoms with Crippen molar-refractivity contribution < 1.29 is 0 Å². The van der Waals surface area contributed by atoms with Crippen LogP contribution < -0.4 is 11.5 Å². The van der Waals surface area contributed by atoms with Gasteiger partial charge < -0.3 is 16.0 Å². The Morgan fingerprint density at radius 1 is 1.33 bits per heavy atom. The molecular weight excluding hydrogens is 226 g/mol. The van der Waals surface area contributed by atoms with Crippen LogP contribution in [0.5, 0.6) is 0 Å². The molecule has 0 bridgehead atoms. The molecule has 0 unspecified atom stereocenters. The zero-order valence-electron chi connectivity index (χ0n) is 10.6. The molecule has 0 aliphatic heterocycles. The van der Waals surface area contributed by atoms with Crippen molar-refractivity contribution in [3.8, 4) is 0 Å². The lowest BCUT2D eigenvalue weighted by Crippen LogP contribution is -2.21. The van der Waals surface area contributed by atoms with Gasteiger partial charge in [-0.25, -0.2) is 0 Å². The minimum absolute atomic E-state index is 0.0388. The maximum atomic E-state index is 5.25. The Bertz CT molecular complexity index is 618. The number of aryl methyl sites for hydroxylation is 1. The van der Waals surface area contributed by atoms with Gasteiger partial charge in [-0.15, -0.1) is 5.10 Å². The van der Waals surface area contributed by atoms with E-state index >= 15 is 0 Å². The van der Waals surface area contributed by atoms with E-state index in [4.69, 9.17) is 11.5 Å². The van der Waals surface area contributed by atoms with Gasteiger partial charge in [-0.3, -0.25) is 0 Å². The first kappa shape index (κ1) is 12.2. The molecule has 1 aromatic carbocycles. The Kier molecular flexibility index (Phi) is 3.32. The third kappa shape index (κ3) is 2.07. The van der Waals surface area contributed by atoms with Crippen LogP contribution in [0.1, 0.15) is 18.2 Å². The van der Waals surface area contributed by atoms with E-state index < -0.39 is 0 Å². The largest absolute Gasteiger partial charge is 0.369 e. The standard InChI is InChI=1S/C13H17N5/c1-3-18-9(2)11(8-16-17-13(14)15)10-6-4-5-7-12(10)18/h4-8H,3H2,1-2H3,(H4,14,15,17)/b16-8-. The van der Waals surface area contributed by atoms with E-state index in [1.165, 1.54) is 5.52 Å². The average molecular weight is 243 g/mol. The van der Waals surface area contributed by atoms with E-state index in [0.29, 0.717) is 0 Å². The second kappa shape index (κ2) is 4.91. The molecule has 0 spiro atoms. The molecule has 4 N–H and O–H groups in total. The maximum Gasteiger partial charge on any atom is 0.211 e. The molecule has 0 fully saturated rings. The van der Waals surface area contributed by atoms with Crippen LogP contribution in [-0.2, 0) is 6.54 Å². The summed E-state index contributed by atoms with van der Waals surface area (Å²) in [6.45, 7) is 5.11. The van der Waals surface area contributed by atoms with Crippen LogP contribution in [0.25, 0.3) is 10.9 Å². The third-order valence-corrected chi connectivity index (χ3v) is 2.96. The van der Waals surface area contributed by atoms with Crippen molar-refractivity contribution in [2.75, 3.05) is 0 Å². The molecular formula is C13H17N5. The minimum Gasteiger partial charge on any atom is -0.369 e. The molecule has 0 aliphatic carbocycles. The monoisotopic (exact) mass is 243 g/mol. The van der Waals surface area contributed by atoms with E-state index in [1.807, 2.05) is 12.1 Å². The Morgan fingerprint density at radius 3 is 2.72 bits per heavy atom. The van der Waals surface area contributed by atoms with Crippen LogP contribution in [0, 0.1) is 6.92 Å². The van der Waals surface area contributed by atoms with E-state index in [0.717, 1.165) is 23.2 Å². The normalized spacial score (nSPS) is 11.2. The molecule has 94 valence electrons. The lowest BCUT2D eigenvalue weighted by atomic mass is 10.1. The zero-order valence-corrected chi connectivity index (χ0v) is 10.6. The van der Waals surface area contributed by atoms with Crippen molar-refractivity contribution in [1.82, 2.24) is 4.57 Å². The molecule has 0 aliphatic rings. The van der Waals surface area contributed by atoms with Crippen LogP contribution >= 0.6 is 0 Å². The second-order valence-electron chi connectivity index (χ2n) is 4.03. The molecule has 5 heteroatoms. The van der Waals surface area contributed by atoms with Gasteiger partial charge in [0.2, 0.25) is 5.96 Å². The van der Waals surface area contributed by atoms with Crippen LogP contribution in [0.2, 0.25) is 0 Å². The molecule has 2 aromatic rings. The Balaban J connectivity index is 2.60. The predicted molar refractivity (Wildman–Crippen MR) is 75.8 cm³/mol. The molecule has 1 aromatic heterocycles. The highest BCUT2D eigenvalue weighted by Crippen LogP contribution is 2.24. The number of nitrogens with zero attached hydrogens (tertiary/aromatic N) is 3. The summed E-state index contributed by atoms with van der Waals surface area (Å²) in [4.78, 5) is 0.